The highest BCUT2D eigenvalue weighted by Crippen LogP contribution is 2.16. The van der Waals surface area contributed by atoms with Gasteiger partial charge < -0.3 is 9.67 Å². The standard InChI is InChI=1S/C13H16N2O4S2/c1-9(6-10-4-3-5-20-10)14-21(18,19)11-7-12(13(16)17)15(2)8-11/h3-5,7-9,14H,6H2,1-2H3,(H,16,17). The van der Waals surface area contributed by atoms with Crippen LogP contribution in [0, 0.1) is 0 Å². The number of aromatic carboxylic acids is 1. The molecule has 2 rings (SSSR count). The van der Waals surface area contributed by atoms with Crippen LogP contribution in [0.3, 0.4) is 0 Å². The van der Waals surface area contributed by atoms with Crippen LogP contribution in [0.4, 0.5) is 0 Å². The number of hydrogen-bond acceptors (Lipinski definition) is 4. The van der Waals surface area contributed by atoms with E-state index in [1.54, 1.807) is 18.3 Å². The maximum atomic E-state index is 12.2. The number of carboxylic acid groups (broad SMARTS) is 1. The molecule has 0 spiro atoms. The van der Waals surface area contributed by atoms with Crippen molar-refractivity contribution in [3.05, 3.63) is 40.3 Å². The minimum Gasteiger partial charge on any atom is -0.477 e. The normalized spacial score (nSPS) is 13.2. The Morgan fingerprint density at radius 3 is 2.76 bits per heavy atom. The smallest absolute Gasteiger partial charge is 0.352 e. The summed E-state index contributed by atoms with van der Waals surface area (Å²) in [6, 6.07) is 4.74. The zero-order valence-electron chi connectivity index (χ0n) is 11.6. The first-order chi connectivity index (χ1) is 9.79. The van der Waals surface area contributed by atoms with E-state index in [9.17, 15) is 13.2 Å². The molecular weight excluding hydrogens is 312 g/mol. The molecule has 0 saturated heterocycles. The van der Waals surface area contributed by atoms with Crippen molar-refractivity contribution in [1.29, 1.82) is 0 Å². The molecule has 0 aliphatic rings. The van der Waals surface area contributed by atoms with Gasteiger partial charge in [0.2, 0.25) is 10.0 Å². The van der Waals surface area contributed by atoms with Gasteiger partial charge in [0.15, 0.2) is 0 Å². The van der Waals surface area contributed by atoms with Crippen LogP contribution in [-0.2, 0) is 23.5 Å². The lowest BCUT2D eigenvalue weighted by molar-refractivity contribution is 0.0686. The molecule has 0 aliphatic heterocycles. The second kappa shape index (κ2) is 6.00. The van der Waals surface area contributed by atoms with E-state index in [2.05, 4.69) is 4.72 Å². The van der Waals surface area contributed by atoms with Gasteiger partial charge >= 0.3 is 5.97 Å². The van der Waals surface area contributed by atoms with Crippen LogP contribution in [0.2, 0.25) is 0 Å². The molecule has 1 unspecified atom stereocenters. The third kappa shape index (κ3) is 3.72. The second-order valence-corrected chi connectivity index (χ2v) is 7.53. The van der Waals surface area contributed by atoms with Gasteiger partial charge in [-0.05, 0) is 30.9 Å². The number of aryl methyl sites for hydroxylation is 1. The molecular formula is C13H16N2O4S2. The van der Waals surface area contributed by atoms with Crippen molar-refractivity contribution in [2.24, 2.45) is 7.05 Å². The molecule has 2 aromatic rings. The molecule has 2 N–H and O–H groups in total. The van der Waals surface area contributed by atoms with Crippen LogP contribution in [0.15, 0.2) is 34.7 Å². The molecule has 1 atom stereocenters. The van der Waals surface area contributed by atoms with Crippen LogP contribution < -0.4 is 4.72 Å². The molecule has 21 heavy (non-hydrogen) atoms. The quantitative estimate of drug-likeness (QED) is 0.844. The predicted octanol–water partition coefficient (Wildman–Crippen LogP) is 1.69. The van der Waals surface area contributed by atoms with Gasteiger partial charge in [0, 0.05) is 24.2 Å². The van der Waals surface area contributed by atoms with Gasteiger partial charge in [0.1, 0.15) is 10.6 Å². The number of aromatic nitrogens is 1. The number of carbonyl (C=O) groups is 1. The van der Waals surface area contributed by atoms with Gasteiger partial charge in [-0.3, -0.25) is 0 Å². The molecule has 0 fully saturated rings. The molecule has 0 amide bonds. The highest BCUT2D eigenvalue weighted by Gasteiger charge is 2.22. The summed E-state index contributed by atoms with van der Waals surface area (Å²) in [4.78, 5) is 12.0. The van der Waals surface area contributed by atoms with Crippen LogP contribution in [-0.4, -0.2) is 30.1 Å². The van der Waals surface area contributed by atoms with Crippen molar-refractivity contribution in [3.63, 3.8) is 0 Å². The van der Waals surface area contributed by atoms with Gasteiger partial charge in [-0.25, -0.2) is 17.9 Å². The summed E-state index contributed by atoms with van der Waals surface area (Å²) in [5, 5.41) is 10.9. The van der Waals surface area contributed by atoms with Crippen molar-refractivity contribution < 1.29 is 18.3 Å². The van der Waals surface area contributed by atoms with Gasteiger partial charge in [0.25, 0.3) is 0 Å². The molecule has 114 valence electrons. The first-order valence-electron chi connectivity index (χ1n) is 6.24. The van der Waals surface area contributed by atoms with E-state index in [-0.39, 0.29) is 16.6 Å². The Balaban J connectivity index is 2.14. The highest BCUT2D eigenvalue weighted by molar-refractivity contribution is 7.89. The van der Waals surface area contributed by atoms with Crippen molar-refractivity contribution in [2.45, 2.75) is 24.3 Å². The van der Waals surface area contributed by atoms with Crippen molar-refractivity contribution in [1.82, 2.24) is 9.29 Å². The van der Waals surface area contributed by atoms with E-state index in [0.717, 1.165) is 10.9 Å². The number of nitrogens with zero attached hydrogens (tertiary/aromatic N) is 1. The van der Waals surface area contributed by atoms with E-state index in [0.29, 0.717) is 6.42 Å². The Hall–Kier alpha value is -1.64. The van der Waals surface area contributed by atoms with Gasteiger partial charge in [-0.2, -0.15) is 0 Å². The lowest BCUT2D eigenvalue weighted by atomic mass is 10.2. The maximum Gasteiger partial charge on any atom is 0.352 e. The van der Waals surface area contributed by atoms with Crippen LogP contribution in [0.25, 0.3) is 0 Å². The summed E-state index contributed by atoms with van der Waals surface area (Å²) in [6.07, 6.45) is 1.89. The minimum atomic E-state index is -3.73. The van der Waals surface area contributed by atoms with Crippen LogP contribution in [0.5, 0.6) is 0 Å². The monoisotopic (exact) mass is 328 g/mol. The van der Waals surface area contributed by atoms with Gasteiger partial charge in [-0.1, -0.05) is 6.07 Å². The van der Waals surface area contributed by atoms with E-state index < -0.39 is 16.0 Å². The second-order valence-electron chi connectivity index (χ2n) is 4.78. The third-order valence-electron chi connectivity index (χ3n) is 2.95. The fourth-order valence-electron chi connectivity index (χ4n) is 2.00. The summed E-state index contributed by atoms with van der Waals surface area (Å²) >= 11 is 1.57. The number of nitrogens with one attached hydrogen (secondary N) is 1. The van der Waals surface area contributed by atoms with Crippen LogP contribution in [0.1, 0.15) is 22.3 Å². The number of carboxylic acids is 1. The fourth-order valence-corrected chi connectivity index (χ4v) is 4.15. The molecule has 0 aliphatic carbocycles. The first-order valence-corrected chi connectivity index (χ1v) is 8.60. The van der Waals surface area contributed by atoms with E-state index >= 15 is 0 Å². The average Bonchev–Trinajstić information content (AvgIpc) is 2.97. The first kappa shape index (κ1) is 15.7. The van der Waals surface area contributed by atoms with Gasteiger partial charge in [0.05, 0.1) is 0 Å². The molecule has 6 nitrogen and oxygen atoms in total. The highest BCUT2D eigenvalue weighted by atomic mass is 32.2. The number of rotatable bonds is 6. The van der Waals surface area contributed by atoms with E-state index in [1.165, 1.54) is 17.8 Å². The summed E-state index contributed by atoms with van der Waals surface area (Å²) < 4.78 is 28.3. The molecule has 0 aromatic carbocycles. The summed E-state index contributed by atoms with van der Waals surface area (Å²) in [6.45, 7) is 1.78. The van der Waals surface area contributed by atoms with E-state index in [4.69, 9.17) is 5.11 Å². The Morgan fingerprint density at radius 1 is 1.52 bits per heavy atom. The minimum absolute atomic E-state index is 0.0413. The Morgan fingerprint density at radius 2 is 2.24 bits per heavy atom. The maximum absolute atomic E-state index is 12.2. The molecule has 0 bridgehead atoms. The molecule has 8 heteroatoms. The lowest BCUT2D eigenvalue weighted by Gasteiger charge is -2.12. The van der Waals surface area contributed by atoms with Crippen molar-refractivity contribution in [3.8, 4) is 0 Å². The fraction of sp³-hybridized carbons (Fsp3) is 0.308. The van der Waals surface area contributed by atoms with E-state index in [1.807, 2.05) is 17.5 Å². The summed E-state index contributed by atoms with van der Waals surface area (Å²) in [5.41, 5.74) is -0.0683. The topological polar surface area (TPSA) is 88.4 Å². The number of hydrogen-bond donors (Lipinski definition) is 2. The SMILES string of the molecule is CC(Cc1cccs1)NS(=O)(=O)c1cc(C(=O)O)n(C)c1. The number of thiophene rings is 1. The number of sulfonamides is 1. The molecule has 2 heterocycles. The predicted molar refractivity (Wildman–Crippen MR) is 80.2 cm³/mol. The Kier molecular flexibility index (Phi) is 4.50. The Bertz CT molecular complexity index is 732. The summed E-state index contributed by atoms with van der Waals surface area (Å²) in [5.74, 6) is -1.16. The largest absolute Gasteiger partial charge is 0.477 e. The molecule has 2 aromatic heterocycles. The van der Waals surface area contributed by atoms with Crippen molar-refractivity contribution >= 4 is 27.3 Å². The third-order valence-corrected chi connectivity index (χ3v) is 5.41. The van der Waals surface area contributed by atoms with Crippen LogP contribution >= 0.6 is 11.3 Å². The average molecular weight is 328 g/mol. The zero-order chi connectivity index (χ0) is 15.6. The zero-order valence-corrected chi connectivity index (χ0v) is 13.2. The Labute approximate surface area is 127 Å². The summed E-state index contributed by atoms with van der Waals surface area (Å²) in [7, 11) is -2.23. The lowest BCUT2D eigenvalue weighted by Crippen LogP contribution is -2.33. The molecule has 0 saturated carbocycles. The van der Waals surface area contributed by atoms with Gasteiger partial charge in [-0.15, -0.1) is 11.3 Å². The molecule has 0 radical (unpaired) electrons. The van der Waals surface area contributed by atoms with Crippen molar-refractivity contribution in [2.75, 3.05) is 0 Å².